The molecule has 0 amide bonds. The molecule has 1 aliphatic carbocycles. The monoisotopic (exact) mass is 381 g/mol. The highest BCUT2D eigenvalue weighted by atomic mass is 19.4. The van der Waals surface area contributed by atoms with E-state index in [1.165, 1.54) is 12.1 Å². The Labute approximate surface area is 148 Å². The van der Waals surface area contributed by atoms with E-state index in [9.17, 15) is 26.3 Å². The molecule has 2 nitrogen and oxygen atoms in total. The highest BCUT2D eigenvalue weighted by Crippen LogP contribution is 2.38. The maximum atomic E-state index is 13.2. The second-order valence-electron chi connectivity index (χ2n) is 7.32. The molecule has 1 aliphatic heterocycles. The molecule has 1 saturated carbocycles. The molecule has 4 unspecified atom stereocenters. The molecule has 1 aromatic carbocycles. The van der Waals surface area contributed by atoms with Crippen LogP contribution in [-0.4, -0.2) is 35.9 Å². The van der Waals surface area contributed by atoms with Crippen molar-refractivity contribution in [2.24, 2.45) is 5.92 Å². The molecular weight excluding hydrogens is 360 g/mol. The van der Waals surface area contributed by atoms with Crippen LogP contribution in [0.1, 0.15) is 37.3 Å². The number of alkyl halides is 6. The van der Waals surface area contributed by atoms with Crippen molar-refractivity contribution < 1.29 is 31.1 Å². The minimum absolute atomic E-state index is 0.0510. The normalized spacial score (nSPS) is 30.9. The molecule has 0 bridgehead atoms. The van der Waals surface area contributed by atoms with Crippen LogP contribution in [0.3, 0.4) is 0 Å². The van der Waals surface area contributed by atoms with Gasteiger partial charge in [-0.1, -0.05) is 25.1 Å². The number of fused-ring (bicyclic) bond motifs is 1. The number of morpholine rings is 1. The van der Waals surface area contributed by atoms with E-state index in [0.717, 1.165) is 18.6 Å². The fourth-order valence-corrected chi connectivity index (χ4v) is 3.92. The third-order valence-electron chi connectivity index (χ3n) is 5.23. The molecular formula is C18H21F6NO. The Morgan fingerprint density at radius 1 is 1.12 bits per heavy atom. The molecule has 26 heavy (non-hydrogen) atoms. The van der Waals surface area contributed by atoms with E-state index >= 15 is 0 Å². The Kier molecular flexibility index (Phi) is 5.27. The highest BCUT2D eigenvalue weighted by molar-refractivity contribution is 5.25. The zero-order valence-electron chi connectivity index (χ0n) is 14.3. The van der Waals surface area contributed by atoms with Gasteiger partial charge in [0.2, 0.25) is 0 Å². The van der Waals surface area contributed by atoms with Gasteiger partial charge in [-0.15, -0.1) is 0 Å². The van der Waals surface area contributed by atoms with Crippen molar-refractivity contribution >= 4 is 0 Å². The average molecular weight is 381 g/mol. The number of hydrogen-bond acceptors (Lipinski definition) is 2. The van der Waals surface area contributed by atoms with Gasteiger partial charge in [0, 0.05) is 19.1 Å². The number of benzene rings is 1. The van der Waals surface area contributed by atoms with E-state index in [1.54, 1.807) is 4.90 Å². The third-order valence-corrected chi connectivity index (χ3v) is 5.23. The quantitative estimate of drug-likeness (QED) is 0.667. The van der Waals surface area contributed by atoms with Gasteiger partial charge in [0.1, 0.15) is 0 Å². The van der Waals surface area contributed by atoms with E-state index in [0.29, 0.717) is 18.4 Å². The molecule has 0 N–H and O–H groups in total. The van der Waals surface area contributed by atoms with Crippen molar-refractivity contribution in [2.75, 3.05) is 6.54 Å². The first-order valence-corrected chi connectivity index (χ1v) is 8.66. The van der Waals surface area contributed by atoms with Gasteiger partial charge in [0.05, 0.1) is 11.7 Å². The lowest BCUT2D eigenvalue weighted by molar-refractivity contribution is -0.270. The summed E-state index contributed by atoms with van der Waals surface area (Å²) in [6.07, 6.45) is -9.30. The fourth-order valence-electron chi connectivity index (χ4n) is 3.92. The summed E-state index contributed by atoms with van der Waals surface area (Å²) < 4.78 is 83.7. The van der Waals surface area contributed by atoms with Gasteiger partial charge >= 0.3 is 12.4 Å². The molecule has 1 heterocycles. The first-order chi connectivity index (χ1) is 12.0. The van der Waals surface area contributed by atoms with Crippen molar-refractivity contribution in [3.8, 4) is 0 Å². The standard InChI is InChI=1S/C18H21F6NO/c1-11-5-6-14-15(7-11)26-16(18(22,23)24)10-25(14)9-12-3-2-4-13(8-12)17(19,20)21/h2-4,8,11,14-16H,5-7,9-10H2,1H3. The summed E-state index contributed by atoms with van der Waals surface area (Å²) in [5.74, 6) is 0.277. The molecule has 2 aliphatic rings. The summed E-state index contributed by atoms with van der Waals surface area (Å²) in [4.78, 5) is 1.65. The minimum atomic E-state index is -4.49. The van der Waals surface area contributed by atoms with Crippen LogP contribution in [0.5, 0.6) is 0 Å². The predicted molar refractivity (Wildman–Crippen MR) is 83.4 cm³/mol. The summed E-state index contributed by atoms with van der Waals surface area (Å²) in [5.41, 5.74) is -0.426. The first-order valence-electron chi connectivity index (χ1n) is 8.66. The van der Waals surface area contributed by atoms with Gasteiger partial charge in [0.15, 0.2) is 6.10 Å². The Hall–Kier alpha value is -1.28. The van der Waals surface area contributed by atoms with Gasteiger partial charge < -0.3 is 4.74 Å². The summed E-state index contributed by atoms with van der Waals surface area (Å²) in [6, 6.07) is 4.60. The molecule has 3 rings (SSSR count). The van der Waals surface area contributed by atoms with Crippen LogP contribution < -0.4 is 0 Å². The summed E-state index contributed by atoms with van der Waals surface area (Å²) in [7, 11) is 0. The minimum Gasteiger partial charge on any atom is -0.363 e. The maximum Gasteiger partial charge on any atom is 0.416 e. The molecule has 146 valence electrons. The van der Waals surface area contributed by atoms with Crippen LogP contribution in [0.4, 0.5) is 26.3 Å². The lowest BCUT2D eigenvalue weighted by Gasteiger charge is -2.48. The number of hydrogen-bond donors (Lipinski definition) is 0. The van der Waals surface area contributed by atoms with Crippen LogP contribution in [0.25, 0.3) is 0 Å². The molecule has 4 atom stereocenters. The second-order valence-corrected chi connectivity index (χ2v) is 7.32. The Bertz CT molecular complexity index is 629. The van der Waals surface area contributed by atoms with Crippen LogP contribution in [0.2, 0.25) is 0 Å². The molecule has 0 aromatic heterocycles. The highest BCUT2D eigenvalue weighted by Gasteiger charge is 2.50. The van der Waals surface area contributed by atoms with Gasteiger partial charge in [-0.2, -0.15) is 26.3 Å². The summed E-state index contributed by atoms with van der Waals surface area (Å²) >= 11 is 0. The smallest absolute Gasteiger partial charge is 0.363 e. The maximum absolute atomic E-state index is 13.2. The zero-order chi connectivity index (χ0) is 19.1. The molecule has 8 heteroatoms. The van der Waals surface area contributed by atoms with Gasteiger partial charge in [-0.25, -0.2) is 0 Å². The molecule has 1 aromatic rings. The number of halogens is 6. The molecule has 1 saturated heterocycles. The number of nitrogens with zero attached hydrogens (tertiary/aromatic N) is 1. The molecule has 2 fully saturated rings. The number of ether oxygens (including phenoxy) is 1. The molecule has 0 spiro atoms. The Morgan fingerprint density at radius 3 is 2.50 bits per heavy atom. The van der Waals surface area contributed by atoms with Crippen molar-refractivity contribution in [2.45, 2.75) is 63.3 Å². The van der Waals surface area contributed by atoms with Crippen LogP contribution in [-0.2, 0) is 17.5 Å². The van der Waals surface area contributed by atoms with E-state index < -0.39 is 30.1 Å². The lowest BCUT2D eigenvalue weighted by Crippen LogP contribution is -2.59. The summed E-state index contributed by atoms with van der Waals surface area (Å²) in [5, 5.41) is 0. The largest absolute Gasteiger partial charge is 0.416 e. The van der Waals surface area contributed by atoms with Crippen molar-refractivity contribution in [1.82, 2.24) is 4.90 Å². The van der Waals surface area contributed by atoms with Crippen molar-refractivity contribution in [3.05, 3.63) is 35.4 Å². The SMILES string of the molecule is CC1CCC2C(C1)OC(C(F)(F)F)CN2Cc1cccc(C(F)(F)F)c1. The lowest BCUT2D eigenvalue weighted by atomic mass is 9.82. The predicted octanol–water partition coefficient (Wildman–Crippen LogP) is 5.03. The Balaban J connectivity index is 1.82. The number of rotatable bonds is 2. The first kappa shape index (κ1) is 19.5. The van der Waals surface area contributed by atoms with Gasteiger partial charge in [0.25, 0.3) is 0 Å². The van der Waals surface area contributed by atoms with Crippen LogP contribution in [0.15, 0.2) is 24.3 Å². The van der Waals surface area contributed by atoms with E-state index in [-0.39, 0.29) is 25.0 Å². The summed E-state index contributed by atoms with van der Waals surface area (Å²) in [6.45, 7) is 1.68. The topological polar surface area (TPSA) is 12.5 Å². The van der Waals surface area contributed by atoms with Gasteiger partial charge in [-0.3, -0.25) is 4.90 Å². The zero-order valence-corrected chi connectivity index (χ0v) is 14.3. The second kappa shape index (κ2) is 7.03. The van der Waals surface area contributed by atoms with E-state index in [1.807, 2.05) is 6.92 Å². The van der Waals surface area contributed by atoms with Crippen LogP contribution >= 0.6 is 0 Å². The third kappa shape index (κ3) is 4.34. The van der Waals surface area contributed by atoms with E-state index in [2.05, 4.69) is 0 Å². The fraction of sp³-hybridized carbons (Fsp3) is 0.667. The van der Waals surface area contributed by atoms with Crippen LogP contribution in [0, 0.1) is 5.92 Å². The van der Waals surface area contributed by atoms with Gasteiger partial charge in [-0.05, 0) is 36.8 Å². The van der Waals surface area contributed by atoms with Crippen molar-refractivity contribution in [1.29, 1.82) is 0 Å². The Morgan fingerprint density at radius 2 is 1.85 bits per heavy atom. The molecule has 0 radical (unpaired) electrons. The van der Waals surface area contributed by atoms with Crippen molar-refractivity contribution in [3.63, 3.8) is 0 Å². The average Bonchev–Trinajstić information content (AvgIpc) is 2.53. The van der Waals surface area contributed by atoms with E-state index in [4.69, 9.17) is 4.74 Å².